The van der Waals surface area contributed by atoms with Gasteiger partial charge in [0.25, 0.3) is 0 Å². The number of anilines is 2. The van der Waals surface area contributed by atoms with Gasteiger partial charge in [-0.05, 0) is 69.4 Å². The Kier molecular flexibility index (Phi) is 5.83. The summed E-state index contributed by atoms with van der Waals surface area (Å²) >= 11 is 0. The molecule has 1 aliphatic rings. The highest BCUT2D eigenvalue weighted by molar-refractivity contribution is 6.04. The van der Waals surface area contributed by atoms with E-state index in [0.29, 0.717) is 6.54 Å². The number of carbonyl (C=O) groups excluding carboxylic acids is 2. The van der Waals surface area contributed by atoms with Crippen molar-refractivity contribution in [2.24, 2.45) is 5.92 Å². The lowest BCUT2D eigenvalue weighted by atomic mass is 10.1. The Bertz CT molecular complexity index is 1130. The summed E-state index contributed by atoms with van der Waals surface area (Å²) < 4.78 is 2.22. The molecule has 0 spiro atoms. The zero-order valence-electron chi connectivity index (χ0n) is 18.7. The first kappa shape index (κ1) is 21.1. The van der Waals surface area contributed by atoms with Crippen LogP contribution in [0.5, 0.6) is 0 Å². The van der Waals surface area contributed by atoms with Gasteiger partial charge in [0.2, 0.25) is 11.8 Å². The molecule has 2 aromatic carbocycles. The average Bonchev–Trinajstić information content (AvgIpc) is 3.31. The molecular formula is C25H30N4O2. The molecule has 6 nitrogen and oxygen atoms in total. The van der Waals surface area contributed by atoms with Gasteiger partial charge in [0, 0.05) is 54.5 Å². The van der Waals surface area contributed by atoms with E-state index < -0.39 is 0 Å². The molecule has 1 saturated heterocycles. The molecule has 2 amide bonds. The van der Waals surface area contributed by atoms with Crippen LogP contribution < -0.4 is 10.2 Å². The summed E-state index contributed by atoms with van der Waals surface area (Å²) in [7, 11) is 4.13. The lowest BCUT2D eigenvalue weighted by Crippen LogP contribution is -2.28. The van der Waals surface area contributed by atoms with Crippen LogP contribution in [0.2, 0.25) is 0 Å². The topological polar surface area (TPSA) is 57.6 Å². The van der Waals surface area contributed by atoms with Crippen LogP contribution in [-0.4, -0.2) is 48.5 Å². The molecule has 1 aromatic heterocycles. The first-order chi connectivity index (χ1) is 14.8. The number of nitrogens with one attached hydrogen (secondary N) is 1. The predicted octanol–water partition coefficient (Wildman–Crippen LogP) is 3.81. The average molecular weight is 419 g/mol. The fraction of sp³-hybridized carbons (Fsp3) is 0.360. The number of aryl methyl sites for hydroxylation is 1. The van der Waals surface area contributed by atoms with Gasteiger partial charge in [-0.3, -0.25) is 9.59 Å². The molecule has 0 bridgehead atoms. The number of hydrogen-bond acceptors (Lipinski definition) is 3. The van der Waals surface area contributed by atoms with Crippen LogP contribution >= 0.6 is 0 Å². The third kappa shape index (κ3) is 4.35. The number of fused-ring (bicyclic) bond motifs is 1. The lowest BCUT2D eigenvalue weighted by Gasteiger charge is -2.20. The maximum atomic E-state index is 12.9. The van der Waals surface area contributed by atoms with E-state index in [9.17, 15) is 9.59 Å². The summed E-state index contributed by atoms with van der Waals surface area (Å²) in [5, 5.41) is 4.11. The van der Waals surface area contributed by atoms with E-state index in [0.717, 1.165) is 46.5 Å². The van der Waals surface area contributed by atoms with E-state index in [4.69, 9.17) is 0 Å². The van der Waals surface area contributed by atoms with Crippen molar-refractivity contribution < 1.29 is 9.59 Å². The minimum absolute atomic E-state index is 0.00210. The van der Waals surface area contributed by atoms with Crippen molar-refractivity contribution in [3.8, 4) is 0 Å². The molecule has 1 fully saturated rings. The lowest BCUT2D eigenvalue weighted by molar-refractivity contribution is -0.122. The van der Waals surface area contributed by atoms with Crippen LogP contribution in [0.4, 0.5) is 11.4 Å². The second-order valence-electron chi connectivity index (χ2n) is 8.70. The fourth-order valence-electron chi connectivity index (χ4n) is 4.17. The Hall–Kier alpha value is -3.12. The second kappa shape index (κ2) is 8.55. The van der Waals surface area contributed by atoms with E-state index in [1.807, 2.05) is 50.2 Å². The van der Waals surface area contributed by atoms with E-state index in [2.05, 4.69) is 41.1 Å². The normalized spacial score (nSPS) is 16.5. The first-order valence-corrected chi connectivity index (χ1v) is 10.7. The minimum atomic E-state index is -0.354. The van der Waals surface area contributed by atoms with Crippen molar-refractivity contribution in [1.29, 1.82) is 0 Å². The number of rotatable bonds is 6. The van der Waals surface area contributed by atoms with Gasteiger partial charge in [-0.25, -0.2) is 0 Å². The number of hydrogen-bond donors (Lipinski definition) is 1. The Labute approximate surface area is 183 Å². The van der Waals surface area contributed by atoms with Crippen LogP contribution in [0, 0.1) is 19.8 Å². The Balaban J connectivity index is 1.45. The van der Waals surface area contributed by atoms with Crippen molar-refractivity contribution in [2.45, 2.75) is 26.8 Å². The number of amides is 2. The number of benzene rings is 2. The third-order valence-electron chi connectivity index (χ3n) is 6.19. The van der Waals surface area contributed by atoms with Crippen LogP contribution in [-0.2, 0) is 16.1 Å². The second-order valence-corrected chi connectivity index (χ2v) is 8.70. The third-order valence-corrected chi connectivity index (χ3v) is 6.19. The maximum absolute atomic E-state index is 12.9. The minimum Gasteiger partial charge on any atom is -0.346 e. The van der Waals surface area contributed by atoms with Crippen molar-refractivity contribution >= 4 is 34.1 Å². The smallest absolute Gasteiger partial charge is 0.229 e. The van der Waals surface area contributed by atoms with Gasteiger partial charge in [-0.15, -0.1) is 0 Å². The summed E-state index contributed by atoms with van der Waals surface area (Å²) in [4.78, 5) is 29.4. The summed E-state index contributed by atoms with van der Waals surface area (Å²) in [6.07, 6.45) is 2.32. The highest BCUT2D eigenvalue weighted by Gasteiger charge is 2.35. The van der Waals surface area contributed by atoms with E-state index in [1.165, 1.54) is 0 Å². The van der Waals surface area contributed by atoms with Crippen LogP contribution in [0.3, 0.4) is 0 Å². The van der Waals surface area contributed by atoms with Crippen LogP contribution in [0.15, 0.2) is 48.7 Å². The molecule has 0 aliphatic carbocycles. The monoisotopic (exact) mass is 418 g/mol. The molecule has 1 aliphatic heterocycles. The number of carbonyl (C=O) groups is 2. The van der Waals surface area contributed by atoms with Gasteiger partial charge in [-0.2, -0.15) is 0 Å². The van der Waals surface area contributed by atoms with Gasteiger partial charge in [0.05, 0.1) is 5.92 Å². The zero-order valence-corrected chi connectivity index (χ0v) is 18.7. The molecular weight excluding hydrogens is 388 g/mol. The maximum Gasteiger partial charge on any atom is 0.229 e. The van der Waals surface area contributed by atoms with Crippen molar-refractivity contribution in [1.82, 2.24) is 9.47 Å². The number of nitrogens with zero attached hydrogens (tertiary/aromatic N) is 3. The van der Waals surface area contributed by atoms with Crippen molar-refractivity contribution in [2.75, 3.05) is 37.4 Å². The Morgan fingerprint density at radius 1 is 1.16 bits per heavy atom. The first-order valence-electron chi connectivity index (χ1n) is 10.7. The van der Waals surface area contributed by atoms with Crippen LogP contribution in [0.25, 0.3) is 10.9 Å². The Morgan fingerprint density at radius 2 is 1.97 bits per heavy atom. The van der Waals surface area contributed by atoms with Crippen molar-refractivity contribution in [3.05, 3.63) is 59.8 Å². The highest BCUT2D eigenvalue weighted by Crippen LogP contribution is 2.30. The summed E-state index contributed by atoms with van der Waals surface area (Å²) in [5.74, 6) is -0.456. The molecule has 1 atom stereocenters. The zero-order chi connectivity index (χ0) is 22.1. The highest BCUT2D eigenvalue weighted by atomic mass is 16.2. The molecule has 0 saturated carbocycles. The largest absolute Gasteiger partial charge is 0.346 e. The SMILES string of the molecule is Cc1cccc(N2CC(C(=O)Nc3ccc4c(ccn4CCN(C)C)c3)CC2=O)c1C. The molecule has 3 aromatic rings. The molecule has 0 radical (unpaired) electrons. The molecule has 2 heterocycles. The van der Waals surface area contributed by atoms with Gasteiger partial charge in [0.15, 0.2) is 0 Å². The van der Waals surface area contributed by atoms with Crippen molar-refractivity contribution in [3.63, 3.8) is 0 Å². The van der Waals surface area contributed by atoms with Gasteiger partial charge < -0.3 is 19.7 Å². The fourth-order valence-corrected chi connectivity index (χ4v) is 4.17. The van der Waals surface area contributed by atoms with Gasteiger partial charge >= 0.3 is 0 Å². The standard InChI is InChI=1S/C25H30N4O2/c1-17-6-5-7-22(18(17)2)29-16-20(15-24(29)30)25(31)26-21-8-9-23-19(14-21)10-11-28(23)13-12-27(3)4/h5-11,14,20H,12-13,15-16H2,1-4H3,(H,26,31). The molecule has 6 heteroatoms. The Morgan fingerprint density at radius 3 is 2.74 bits per heavy atom. The van der Waals surface area contributed by atoms with Crippen LogP contribution in [0.1, 0.15) is 17.5 Å². The van der Waals surface area contributed by atoms with E-state index in [-0.39, 0.29) is 24.2 Å². The number of likely N-dealkylation sites (N-methyl/N-ethyl adjacent to an activating group) is 1. The summed E-state index contributed by atoms with van der Waals surface area (Å²) in [6.45, 7) is 6.35. The quantitative estimate of drug-likeness (QED) is 0.662. The van der Waals surface area contributed by atoms with E-state index >= 15 is 0 Å². The van der Waals surface area contributed by atoms with Gasteiger partial charge in [-0.1, -0.05) is 12.1 Å². The molecule has 1 unspecified atom stereocenters. The molecule has 4 rings (SSSR count). The summed E-state index contributed by atoms with van der Waals surface area (Å²) in [6, 6.07) is 14.0. The van der Waals surface area contributed by atoms with E-state index in [1.54, 1.807) is 4.90 Å². The van der Waals surface area contributed by atoms with Gasteiger partial charge in [0.1, 0.15) is 0 Å². The molecule has 162 valence electrons. The molecule has 31 heavy (non-hydrogen) atoms. The molecule has 1 N–H and O–H groups in total. The predicted molar refractivity (Wildman–Crippen MR) is 125 cm³/mol. The number of aromatic nitrogens is 1. The summed E-state index contributed by atoms with van der Waals surface area (Å²) in [5.41, 5.74) is 5.04.